The molecule has 0 radical (unpaired) electrons. The van der Waals surface area contributed by atoms with E-state index in [0.717, 1.165) is 16.9 Å². The molecule has 1 amide bonds. The summed E-state index contributed by atoms with van der Waals surface area (Å²) in [6.07, 6.45) is 1.28. The van der Waals surface area contributed by atoms with E-state index < -0.39 is 10.0 Å². The van der Waals surface area contributed by atoms with Gasteiger partial charge in [0.15, 0.2) is 0 Å². The Hall–Kier alpha value is -2.38. The number of hydrogen-bond acceptors (Lipinski definition) is 4. The summed E-state index contributed by atoms with van der Waals surface area (Å²) in [7, 11) is 0.0398. The van der Waals surface area contributed by atoms with Gasteiger partial charge in [-0.2, -0.15) is 0 Å². The number of amides is 1. The average Bonchev–Trinajstić information content (AvgIpc) is 2.78. The molecule has 156 valence electrons. The predicted octanol–water partition coefficient (Wildman–Crippen LogP) is 3.25. The Morgan fingerprint density at radius 2 is 1.79 bits per heavy atom. The first kappa shape index (κ1) is 21.3. The molecule has 0 aliphatic carbocycles. The van der Waals surface area contributed by atoms with Gasteiger partial charge in [0, 0.05) is 37.3 Å². The molecule has 0 N–H and O–H groups in total. The van der Waals surface area contributed by atoms with Crippen LogP contribution < -0.4 is 4.74 Å². The Bertz CT molecular complexity index is 952. The summed E-state index contributed by atoms with van der Waals surface area (Å²) in [6, 6.07) is 15.3. The molecule has 1 saturated heterocycles. The zero-order valence-corrected chi connectivity index (χ0v) is 18.0. The Kier molecular flexibility index (Phi) is 6.59. The van der Waals surface area contributed by atoms with Crippen LogP contribution in [0.5, 0.6) is 5.75 Å². The molecule has 0 spiro atoms. The topological polar surface area (TPSA) is 66.9 Å². The Labute approximate surface area is 173 Å². The van der Waals surface area contributed by atoms with Gasteiger partial charge in [-0.15, -0.1) is 0 Å². The van der Waals surface area contributed by atoms with Crippen LogP contribution in [-0.4, -0.2) is 62.6 Å². The summed E-state index contributed by atoms with van der Waals surface area (Å²) in [4.78, 5) is 14.9. The molecule has 29 heavy (non-hydrogen) atoms. The third-order valence-corrected chi connectivity index (χ3v) is 7.51. The molecule has 0 aromatic heterocycles. The van der Waals surface area contributed by atoms with Crippen molar-refractivity contribution in [1.82, 2.24) is 9.21 Å². The zero-order valence-electron chi connectivity index (χ0n) is 17.2. The number of likely N-dealkylation sites (tertiary alicyclic amines) is 1. The van der Waals surface area contributed by atoms with Crippen LogP contribution in [0.2, 0.25) is 0 Å². The van der Waals surface area contributed by atoms with E-state index in [1.165, 1.54) is 4.31 Å². The minimum Gasteiger partial charge on any atom is -0.496 e. The van der Waals surface area contributed by atoms with Crippen LogP contribution in [0, 0.1) is 0 Å². The minimum atomic E-state index is -3.22. The van der Waals surface area contributed by atoms with Gasteiger partial charge in [-0.05, 0) is 43.5 Å². The highest BCUT2D eigenvalue weighted by molar-refractivity contribution is 7.89. The lowest BCUT2D eigenvalue weighted by Gasteiger charge is -2.36. The molecule has 0 atom stereocenters. The number of nitrogens with zero attached hydrogens (tertiary/aromatic N) is 2. The van der Waals surface area contributed by atoms with E-state index in [2.05, 4.69) is 0 Å². The van der Waals surface area contributed by atoms with Gasteiger partial charge in [0.25, 0.3) is 5.91 Å². The van der Waals surface area contributed by atoms with Crippen molar-refractivity contribution in [3.8, 4) is 16.9 Å². The minimum absolute atomic E-state index is 0.0377. The van der Waals surface area contributed by atoms with Crippen LogP contribution in [0.1, 0.15) is 30.1 Å². The van der Waals surface area contributed by atoms with Crippen molar-refractivity contribution in [3.05, 3.63) is 54.1 Å². The number of carbonyl (C=O) groups is 1. The molecule has 6 nitrogen and oxygen atoms in total. The number of rotatable bonds is 6. The standard InChI is InChI=1S/C22H28N2O4S/c1-4-29(26,27)23(2)19-12-14-24(15-13-19)22(25)18-10-11-21(28-3)20(16-18)17-8-6-5-7-9-17/h5-11,16,19H,4,12-15H2,1-3H3. The van der Waals surface area contributed by atoms with Gasteiger partial charge in [-0.25, -0.2) is 12.7 Å². The second-order valence-corrected chi connectivity index (χ2v) is 9.54. The van der Waals surface area contributed by atoms with E-state index in [4.69, 9.17) is 4.74 Å². The second-order valence-electron chi connectivity index (χ2n) is 7.22. The SMILES string of the molecule is CCS(=O)(=O)N(C)C1CCN(C(=O)c2ccc(OC)c(-c3ccccc3)c2)CC1. The van der Waals surface area contributed by atoms with Gasteiger partial charge in [0.2, 0.25) is 10.0 Å². The maximum absolute atomic E-state index is 13.1. The smallest absolute Gasteiger partial charge is 0.253 e. The molecule has 1 fully saturated rings. The normalized spacial score (nSPS) is 15.5. The summed E-state index contributed by atoms with van der Waals surface area (Å²) < 4.78 is 31.1. The fourth-order valence-corrected chi connectivity index (χ4v) is 4.80. The summed E-state index contributed by atoms with van der Waals surface area (Å²) in [5.74, 6) is 0.777. The van der Waals surface area contributed by atoms with Gasteiger partial charge in [-0.3, -0.25) is 4.79 Å². The van der Waals surface area contributed by atoms with E-state index in [-0.39, 0.29) is 17.7 Å². The molecular weight excluding hydrogens is 388 g/mol. The molecule has 1 aliphatic heterocycles. The Balaban J connectivity index is 1.75. The maximum Gasteiger partial charge on any atom is 0.253 e. The van der Waals surface area contributed by atoms with E-state index in [1.54, 1.807) is 32.0 Å². The van der Waals surface area contributed by atoms with E-state index in [1.807, 2.05) is 42.5 Å². The Morgan fingerprint density at radius 1 is 1.14 bits per heavy atom. The average molecular weight is 417 g/mol. The Morgan fingerprint density at radius 3 is 2.38 bits per heavy atom. The molecular formula is C22H28N2O4S. The summed E-state index contributed by atoms with van der Waals surface area (Å²) >= 11 is 0. The molecule has 2 aromatic carbocycles. The van der Waals surface area contributed by atoms with Crippen molar-refractivity contribution >= 4 is 15.9 Å². The number of ether oxygens (including phenoxy) is 1. The monoisotopic (exact) mass is 416 g/mol. The van der Waals surface area contributed by atoms with E-state index in [0.29, 0.717) is 31.5 Å². The van der Waals surface area contributed by atoms with Gasteiger partial charge >= 0.3 is 0 Å². The lowest BCUT2D eigenvalue weighted by atomic mass is 10.00. The molecule has 0 unspecified atom stereocenters. The summed E-state index contributed by atoms with van der Waals surface area (Å²) in [5.41, 5.74) is 2.48. The molecule has 1 heterocycles. The third kappa shape index (κ3) is 4.62. The highest BCUT2D eigenvalue weighted by Crippen LogP contribution is 2.31. The number of sulfonamides is 1. The lowest BCUT2D eigenvalue weighted by molar-refractivity contribution is 0.0686. The van der Waals surface area contributed by atoms with Crippen LogP contribution in [-0.2, 0) is 10.0 Å². The number of benzene rings is 2. The second kappa shape index (κ2) is 8.97. The summed E-state index contributed by atoms with van der Waals surface area (Å²) in [5, 5.41) is 0. The highest BCUT2D eigenvalue weighted by atomic mass is 32.2. The molecule has 2 aromatic rings. The van der Waals surface area contributed by atoms with Crippen molar-refractivity contribution in [3.63, 3.8) is 0 Å². The number of piperidine rings is 1. The van der Waals surface area contributed by atoms with Crippen LogP contribution in [0.3, 0.4) is 0 Å². The largest absolute Gasteiger partial charge is 0.496 e. The first-order valence-electron chi connectivity index (χ1n) is 9.85. The highest BCUT2D eigenvalue weighted by Gasteiger charge is 2.30. The van der Waals surface area contributed by atoms with Crippen LogP contribution in [0.15, 0.2) is 48.5 Å². The first-order chi connectivity index (χ1) is 13.9. The van der Waals surface area contributed by atoms with Gasteiger partial charge in [0.1, 0.15) is 5.75 Å². The zero-order chi connectivity index (χ0) is 21.0. The fraction of sp³-hybridized carbons (Fsp3) is 0.409. The van der Waals surface area contributed by atoms with Crippen molar-refractivity contribution in [2.45, 2.75) is 25.8 Å². The molecule has 3 rings (SSSR count). The van der Waals surface area contributed by atoms with Crippen LogP contribution in [0.25, 0.3) is 11.1 Å². The summed E-state index contributed by atoms with van der Waals surface area (Å²) in [6.45, 7) is 2.73. The van der Waals surface area contributed by atoms with Gasteiger partial charge in [-0.1, -0.05) is 30.3 Å². The van der Waals surface area contributed by atoms with E-state index in [9.17, 15) is 13.2 Å². The molecule has 7 heteroatoms. The van der Waals surface area contributed by atoms with Crippen molar-refractivity contribution < 1.29 is 17.9 Å². The van der Waals surface area contributed by atoms with Crippen molar-refractivity contribution in [1.29, 1.82) is 0 Å². The maximum atomic E-state index is 13.1. The molecule has 1 aliphatic rings. The van der Waals surface area contributed by atoms with Crippen LogP contribution >= 0.6 is 0 Å². The van der Waals surface area contributed by atoms with Gasteiger partial charge in [0.05, 0.1) is 12.9 Å². The van der Waals surface area contributed by atoms with Crippen molar-refractivity contribution in [2.24, 2.45) is 0 Å². The van der Waals surface area contributed by atoms with E-state index >= 15 is 0 Å². The number of hydrogen-bond donors (Lipinski definition) is 0. The number of methoxy groups -OCH3 is 1. The third-order valence-electron chi connectivity index (χ3n) is 5.60. The quantitative estimate of drug-likeness (QED) is 0.725. The lowest BCUT2D eigenvalue weighted by Crippen LogP contribution is -2.47. The van der Waals surface area contributed by atoms with Crippen LogP contribution in [0.4, 0.5) is 0 Å². The molecule has 0 bridgehead atoms. The predicted molar refractivity (Wildman–Crippen MR) is 115 cm³/mol. The molecule has 0 saturated carbocycles. The van der Waals surface area contributed by atoms with Crippen molar-refractivity contribution in [2.75, 3.05) is 33.0 Å². The first-order valence-corrected chi connectivity index (χ1v) is 11.5. The number of carbonyl (C=O) groups excluding carboxylic acids is 1. The fourth-order valence-electron chi connectivity index (χ4n) is 3.73. The van der Waals surface area contributed by atoms with Gasteiger partial charge < -0.3 is 9.64 Å².